The molecule has 2 saturated heterocycles. The minimum atomic E-state index is -0.590. The first kappa shape index (κ1) is 24.6. The zero-order valence-electron chi connectivity index (χ0n) is 19.7. The summed E-state index contributed by atoms with van der Waals surface area (Å²) in [7, 11) is 0. The molecule has 2 aromatic carbocycles. The van der Waals surface area contributed by atoms with Gasteiger partial charge in [0.2, 0.25) is 0 Å². The second-order valence-electron chi connectivity index (χ2n) is 8.93. The molecule has 4 rings (SSSR count). The lowest BCUT2D eigenvalue weighted by Crippen LogP contribution is -2.42. The van der Waals surface area contributed by atoms with Crippen LogP contribution in [0.3, 0.4) is 0 Å². The van der Waals surface area contributed by atoms with Crippen LogP contribution < -0.4 is 10.6 Å². The predicted octanol–water partition coefficient (Wildman–Crippen LogP) is 3.32. The molecule has 4 atom stereocenters. The Balaban J connectivity index is 1.54. The topological polar surface area (TPSA) is 103 Å². The summed E-state index contributed by atoms with van der Waals surface area (Å²) >= 11 is 0. The van der Waals surface area contributed by atoms with Crippen molar-refractivity contribution in [2.45, 2.75) is 57.3 Å². The van der Waals surface area contributed by atoms with Gasteiger partial charge < -0.3 is 30.3 Å². The minimum absolute atomic E-state index is 0.00305. The van der Waals surface area contributed by atoms with E-state index in [2.05, 4.69) is 15.5 Å². The molecule has 0 aromatic heterocycles. The Morgan fingerprint density at radius 3 is 2.68 bits per heavy atom. The van der Waals surface area contributed by atoms with E-state index < -0.39 is 6.29 Å². The van der Waals surface area contributed by atoms with E-state index in [4.69, 9.17) is 9.47 Å². The molecule has 2 amide bonds. The molecule has 184 valence electrons. The highest BCUT2D eigenvalue weighted by molar-refractivity contribution is 5.89. The molecule has 0 bridgehead atoms. The molecule has 2 aliphatic heterocycles. The van der Waals surface area contributed by atoms with Crippen LogP contribution in [-0.4, -0.2) is 59.5 Å². The summed E-state index contributed by atoms with van der Waals surface area (Å²) in [5.41, 5.74) is 3.39. The van der Waals surface area contributed by atoms with Crippen molar-refractivity contribution in [3.8, 4) is 0 Å². The molecule has 2 aromatic rings. The van der Waals surface area contributed by atoms with E-state index >= 15 is 0 Å². The zero-order valence-corrected chi connectivity index (χ0v) is 19.7. The molecular weight excluding hydrogens is 434 g/mol. The van der Waals surface area contributed by atoms with E-state index in [1.54, 1.807) is 0 Å². The number of anilines is 1. The van der Waals surface area contributed by atoms with Crippen LogP contribution in [0.25, 0.3) is 0 Å². The SMILES string of the molecule is CCNC(=O)Nc1cccc(C2O[C@H](CN3CCC[C@H]3CO)C[C@H](c3ccc(CO)cc3)O2)c1. The van der Waals surface area contributed by atoms with Crippen LogP contribution in [0.1, 0.15) is 55.3 Å². The summed E-state index contributed by atoms with van der Waals surface area (Å²) in [6.07, 6.45) is 1.94. The maximum Gasteiger partial charge on any atom is 0.319 e. The van der Waals surface area contributed by atoms with E-state index in [1.807, 2.05) is 55.5 Å². The highest BCUT2D eigenvalue weighted by atomic mass is 16.7. The normalized spacial score (nSPS) is 25.3. The van der Waals surface area contributed by atoms with Crippen molar-refractivity contribution in [3.63, 3.8) is 0 Å². The Morgan fingerprint density at radius 2 is 1.94 bits per heavy atom. The van der Waals surface area contributed by atoms with Crippen LogP contribution in [0.15, 0.2) is 48.5 Å². The fourth-order valence-electron chi connectivity index (χ4n) is 4.74. The Hall–Kier alpha value is -2.49. The van der Waals surface area contributed by atoms with E-state index in [0.717, 1.165) is 42.6 Å². The third kappa shape index (κ3) is 6.14. The monoisotopic (exact) mass is 469 g/mol. The lowest BCUT2D eigenvalue weighted by molar-refractivity contribution is -0.253. The summed E-state index contributed by atoms with van der Waals surface area (Å²) in [5.74, 6) is 0. The van der Waals surface area contributed by atoms with Gasteiger partial charge in [0.15, 0.2) is 6.29 Å². The van der Waals surface area contributed by atoms with Gasteiger partial charge in [0, 0.05) is 36.8 Å². The van der Waals surface area contributed by atoms with Crippen LogP contribution in [0.4, 0.5) is 10.5 Å². The number of aliphatic hydroxyl groups excluding tert-OH is 2. The summed E-state index contributed by atoms with van der Waals surface area (Å²) in [6, 6.07) is 15.3. The first-order chi connectivity index (χ1) is 16.6. The molecule has 2 fully saturated rings. The number of carbonyl (C=O) groups is 1. The summed E-state index contributed by atoms with van der Waals surface area (Å²) in [6.45, 7) is 4.26. The third-order valence-corrected chi connectivity index (χ3v) is 6.52. The standard InChI is InChI=1S/C26H35N3O5/c1-2-27-26(32)28-21-6-3-5-20(13-21)25-33-23(15-29-12-4-7-22(29)17-31)14-24(34-25)19-10-8-18(16-30)9-11-19/h3,5-6,8-11,13,22-25,30-31H,2,4,7,12,14-17H2,1H3,(H2,27,28,32)/t22-,23-,24+,25?/m0/s1. The van der Waals surface area contributed by atoms with E-state index in [0.29, 0.717) is 18.7 Å². The molecule has 4 N–H and O–H groups in total. The molecule has 1 unspecified atom stereocenters. The predicted molar refractivity (Wildman–Crippen MR) is 129 cm³/mol. The largest absolute Gasteiger partial charge is 0.395 e. The second-order valence-corrected chi connectivity index (χ2v) is 8.93. The number of hydrogen-bond acceptors (Lipinski definition) is 6. The Kier molecular flexibility index (Phi) is 8.53. The highest BCUT2D eigenvalue weighted by Crippen LogP contribution is 2.39. The van der Waals surface area contributed by atoms with E-state index in [9.17, 15) is 15.0 Å². The molecule has 2 heterocycles. The number of amides is 2. The van der Waals surface area contributed by atoms with Gasteiger partial charge in [0.1, 0.15) is 0 Å². The maximum atomic E-state index is 12.0. The van der Waals surface area contributed by atoms with Crippen LogP contribution in [-0.2, 0) is 16.1 Å². The van der Waals surface area contributed by atoms with Crippen LogP contribution >= 0.6 is 0 Å². The molecule has 0 spiro atoms. The summed E-state index contributed by atoms with van der Waals surface area (Å²) in [4.78, 5) is 14.3. The molecule has 0 aliphatic carbocycles. The smallest absolute Gasteiger partial charge is 0.319 e. The van der Waals surface area contributed by atoms with Crippen molar-refractivity contribution in [3.05, 3.63) is 65.2 Å². The number of ether oxygens (including phenoxy) is 2. The number of carbonyl (C=O) groups excluding carboxylic acids is 1. The quantitative estimate of drug-likeness (QED) is 0.473. The Bertz CT molecular complexity index is 938. The highest BCUT2D eigenvalue weighted by Gasteiger charge is 2.35. The van der Waals surface area contributed by atoms with Crippen LogP contribution in [0.2, 0.25) is 0 Å². The molecule has 34 heavy (non-hydrogen) atoms. The van der Waals surface area contributed by atoms with Crippen molar-refractivity contribution < 1.29 is 24.5 Å². The Labute approximate surface area is 200 Å². The fraction of sp³-hybridized carbons (Fsp3) is 0.500. The number of rotatable bonds is 8. The maximum absolute atomic E-state index is 12.0. The summed E-state index contributed by atoms with van der Waals surface area (Å²) < 4.78 is 12.8. The van der Waals surface area contributed by atoms with Crippen molar-refractivity contribution >= 4 is 11.7 Å². The molecular formula is C26H35N3O5. The van der Waals surface area contributed by atoms with E-state index in [1.165, 1.54) is 0 Å². The molecule has 8 nitrogen and oxygen atoms in total. The van der Waals surface area contributed by atoms with Crippen molar-refractivity contribution in [2.24, 2.45) is 0 Å². The number of benzene rings is 2. The first-order valence-electron chi connectivity index (χ1n) is 12.1. The number of urea groups is 1. The third-order valence-electron chi connectivity index (χ3n) is 6.52. The van der Waals surface area contributed by atoms with Gasteiger partial charge >= 0.3 is 6.03 Å². The number of nitrogens with zero attached hydrogens (tertiary/aromatic N) is 1. The van der Waals surface area contributed by atoms with Crippen molar-refractivity contribution in [2.75, 3.05) is 31.6 Å². The van der Waals surface area contributed by atoms with Gasteiger partial charge in [0.25, 0.3) is 0 Å². The van der Waals surface area contributed by atoms with Gasteiger partial charge in [-0.1, -0.05) is 36.4 Å². The van der Waals surface area contributed by atoms with Gasteiger partial charge in [-0.25, -0.2) is 4.79 Å². The second kappa shape index (κ2) is 11.8. The lowest BCUT2D eigenvalue weighted by atomic mass is 9.99. The Morgan fingerprint density at radius 1 is 1.12 bits per heavy atom. The summed E-state index contributed by atoms with van der Waals surface area (Å²) in [5, 5.41) is 24.7. The molecule has 2 aliphatic rings. The van der Waals surface area contributed by atoms with Crippen molar-refractivity contribution in [1.29, 1.82) is 0 Å². The fourth-order valence-corrected chi connectivity index (χ4v) is 4.74. The number of hydrogen-bond donors (Lipinski definition) is 4. The average molecular weight is 470 g/mol. The van der Waals surface area contributed by atoms with Crippen LogP contribution in [0.5, 0.6) is 0 Å². The van der Waals surface area contributed by atoms with Gasteiger partial charge in [-0.15, -0.1) is 0 Å². The molecule has 8 heteroatoms. The molecule has 0 radical (unpaired) electrons. The lowest BCUT2D eigenvalue weighted by Gasteiger charge is -2.38. The number of aliphatic hydroxyl groups is 2. The molecule has 0 saturated carbocycles. The van der Waals surface area contributed by atoms with Gasteiger partial charge in [-0.2, -0.15) is 0 Å². The average Bonchev–Trinajstić information content (AvgIpc) is 3.31. The minimum Gasteiger partial charge on any atom is -0.395 e. The van der Waals surface area contributed by atoms with Gasteiger partial charge in [-0.05, 0) is 49.6 Å². The zero-order chi connectivity index (χ0) is 23.9. The first-order valence-corrected chi connectivity index (χ1v) is 12.1. The van der Waals surface area contributed by atoms with Crippen LogP contribution in [0, 0.1) is 0 Å². The van der Waals surface area contributed by atoms with E-state index in [-0.39, 0.29) is 37.5 Å². The van der Waals surface area contributed by atoms with Crippen molar-refractivity contribution in [1.82, 2.24) is 10.2 Å². The number of nitrogens with one attached hydrogen (secondary N) is 2. The van der Waals surface area contributed by atoms with Gasteiger partial charge in [0.05, 0.1) is 25.4 Å². The number of likely N-dealkylation sites (tertiary alicyclic amines) is 1. The van der Waals surface area contributed by atoms with Gasteiger partial charge in [-0.3, -0.25) is 4.90 Å².